The summed E-state index contributed by atoms with van der Waals surface area (Å²) >= 11 is 1.57. The van der Waals surface area contributed by atoms with Crippen LogP contribution in [0.5, 0.6) is 0 Å². The van der Waals surface area contributed by atoms with Crippen LogP contribution in [0.3, 0.4) is 0 Å². The van der Waals surface area contributed by atoms with Gasteiger partial charge in [-0.3, -0.25) is 14.5 Å². The highest BCUT2D eigenvalue weighted by molar-refractivity contribution is 7.13. The second-order valence-corrected chi connectivity index (χ2v) is 6.96. The number of amides is 2. The number of rotatable bonds is 5. The zero-order chi connectivity index (χ0) is 17.8. The molecular formula is C16H21N5O3S. The molecular weight excluding hydrogens is 342 g/mol. The first-order chi connectivity index (χ1) is 12.0. The summed E-state index contributed by atoms with van der Waals surface area (Å²) in [6.07, 6.45) is 0. The molecule has 1 unspecified atom stereocenters. The Balaban J connectivity index is 1.49. The van der Waals surface area contributed by atoms with Crippen LogP contribution in [0.25, 0.3) is 10.7 Å². The number of nitrogens with zero attached hydrogens (tertiary/aromatic N) is 4. The van der Waals surface area contributed by atoms with Crippen LogP contribution < -0.4 is 5.32 Å². The Morgan fingerprint density at radius 2 is 2.12 bits per heavy atom. The van der Waals surface area contributed by atoms with Crippen molar-refractivity contribution >= 4 is 23.2 Å². The number of piperazine rings is 1. The zero-order valence-electron chi connectivity index (χ0n) is 14.3. The number of aromatic nitrogens is 2. The first-order valence-electron chi connectivity index (χ1n) is 8.17. The lowest BCUT2D eigenvalue weighted by molar-refractivity contribution is -0.137. The number of carbonyl (C=O) groups is 2. The van der Waals surface area contributed by atoms with Gasteiger partial charge < -0.3 is 14.7 Å². The van der Waals surface area contributed by atoms with Crippen molar-refractivity contribution in [3.63, 3.8) is 0 Å². The van der Waals surface area contributed by atoms with Gasteiger partial charge in [-0.05, 0) is 18.4 Å². The van der Waals surface area contributed by atoms with Gasteiger partial charge in [-0.15, -0.1) is 11.3 Å². The molecule has 0 radical (unpaired) electrons. The summed E-state index contributed by atoms with van der Waals surface area (Å²) in [6.45, 7) is 6.40. The topological polar surface area (TPSA) is 91.6 Å². The number of thiophene rings is 1. The van der Waals surface area contributed by atoms with Gasteiger partial charge >= 0.3 is 0 Å². The maximum absolute atomic E-state index is 12.3. The minimum atomic E-state index is -0.492. The molecule has 0 spiro atoms. The van der Waals surface area contributed by atoms with Crippen molar-refractivity contribution in [2.75, 3.05) is 26.2 Å². The van der Waals surface area contributed by atoms with Gasteiger partial charge in [0.05, 0.1) is 11.4 Å². The van der Waals surface area contributed by atoms with E-state index in [1.54, 1.807) is 23.2 Å². The molecule has 0 saturated carbocycles. The Bertz CT molecular complexity index is 722. The van der Waals surface area contributed by atoms with Gasteiger partial charge in [-0.25, -0.2) is 0 Å². The SMILES string of the molecule is CC(=O)NC(C)C(=O)N1CCN(Cc2nc(-c3cccs3)no2)CC1. The highest BCUT2D eigenvalue weighted by atomic mass is 32.1. The summed E-state index contributed by atoms with van der Waals surface area (Å²) in [5, 5.41) is 8.62. The number of hydrogen-bond acceptors (Lipinski definition) is 7. The van der Waals surface area contributed by atoms with Gasteiger partial charge in [0.1, 0.15) is 6.04 Å². The van der Waals surface area contributed by atoms with E-state index in [9.17, 15) is 9.59 Å². The van der Waals surface area contributed by atoms with E-state index in [-0.39, 0.29) is 11.8 Å². The molecule has 25 heavy (non-hydrogen) atoms. The van der Waals surface area contributed by atoms with E-state index in [1.165, 1.54) is 6.92 Å². The van der Waals surface area contributed by atoms with Gasteiger partial charge in [0.15, 0.2) is 0 Å². The molecule has 1 aliphatic heterocycles. The van der Waals surface area contributed by atoms with Crippen molar-refractivity contribution in [1.29, 1.82) is 0 Å². The Hall–Kier alpha value is -2.26. The maximum atomic E-state index is 12.3. The molecule has 134 valence electrons. The van der Waals surface area contributed by atoms with Gasteiger partial charge in [-0.1, -0.05) is 11.2 Å². The van der Waals surface area contributed by atoms with Crippen molar-refractivity contribution in [2.45, 2.75) is 26.4 Å². The molecule has 0 bridgehead atoms. The normalized spacial score (nSPS) is 16.6. The lowest BCUT2D eigenvalue weighted by Crippen LogP contribution is -2.53. The van der Waals surface area contributed by atoms with Crippen molar-refractivity contribution in [2.24, 2.45) is 0 Å². The number of hydrogen-bond donors (Lipinski definition) is 1. The van der Waals surface area contributed by atoms with Crippen molar-refractivity contribution in [3.05, 3.63) is 23.4 Å². The third-order valence-electron chi connectivity index (χ3n) is 4.04. The van der Waals surface area contributed by atoms with E-state index in [1.807, 2.05) is 17.5 Å². The monoisotopic (exact) mass is 363 g/mol. The van der Waals surface area contributed by atoms with Gasteiger partial charge in [-0.2, -0.15) is 4.98 Å². The zero-order valence-corrected chi connectivity index (χ0v) is 15.1. The standard InChI is InChI=1S/C16H21N5O3S/c1-11(17-12(2)22)16(23)21-7-5-20(6-8-21)10-14-18-15(19-24-14)13-4-3-9-25-13/h3-4,9,11H,5-8,10H2,1-2H3,(H,17,22). The summed E-state index contributed by atoms with van der Waals surface area (Å²) in [5.74, 6) is 0.947. The van der Waals surface area contributed by atoms with Crippen LogP contribution in [-0.2, 0) is 16.1 Å². The average Bonchev–Trinajstić information content (AvgIpc) is 3.25. The van der Waals surface area contributed by atoms with Crippen LogP contribution in [0.2, 0.25) is 0 Å². The maximum Gasteiger partial charge on any atom is 0.244 e. The fourth-order valence-corrected chi connectivity index (χ4v) is 3.43. The fraction of sp³-hybridized carbons (Fsp3) is 0.500. The molecule has 8 nitrogen and oxygen atoms in total. The Kier molecular flexibility index (Phi) is 5.44. The van der Waals surface area contributed by atoms with E-state index in [4.69, 9.17) is 4.52 Å². The van der Waals surface area contributed by atoms with Crippen LogP contribution in [-0.4, -0.2) is 64.0 Å². The molecule has 1 saturated heterocycles. The molecule has 1 atom stereocenters. The summed E-state index contributed by atoms with van der Waals surface area (Å²) in [5.41, 5.74) is 0. The number of nitrogens with one attached hydrogen (secondary N) is 1. The molecule has 1 aliphatic rings. The van der Waals surface area contributed by atoms with Gasteiger partial charge in [0.25, 0.3) is 0 Å². The first-order valence-corrected chi connectivity index (χ1v) is 9.05. The Morgan fingerprint density at radius 1 is 1.36 bits per heavy atom. The van der Waals surface area contributed by atoms with E-state index < -0.39 is 6.04 Å². The average molecular weight is 363 g/mol. The minimum absolute atomic E-state index is 0.0485. The lowest BCUT2D eigenvalue weighted by Gasteiger charge is -2.35. The third-order valence-corrected chi connectivity index (χ3v) is 4.91. The molecule has 2 amide bonds. The largest absolute Gasteiger partial charge is 0.345 e. The summed E-state index contributed by atoms with van der Waals surface area (Å²) in [4.78, 5) is 32.7. The molecule has 0 aliphatic carbocycles. The van der Waals surface area contributed by atoms with E-state index in [0.717, 1.165) is 18.0 Å². The Labute approximate surface area is 149 Å². The molecule has 0 aromatic carbocycles. The van der Waals surface area contributed by atoms with Crippen LogP contribution >= 0.6 is 11.3 Å². The lowest BCUT2D eigenvalue weighted by atomic mass is 10.2. The quantitative estimate of drug-likeness (QED) is 0.851. The fourth-order valence-electron chi connectivity index (χ4n) is 2.78. The molecule has 3 rings (SSSR count). The van der Waals surface area contributed by atoms with E-state index in [0.29, 0.717) is 31.3 Å². The summed E-state index contributed by atoms with van der Waals surface area (Å²) in [6, 6.07) is 3.42. The summed E-state index contributed by atoms with van der Waals surface area (Å²) in [7, 11) is 0. The van der Waals surface area contributed by atoms with Crippen molar-refractivity contribution < 1.29 is 14.1 Å². The van der Waals surface area contributed by atoms with Gasteiger partial charge in [0.2, 0.25) is 23.5 Å². The smallest absolute Gasteiger partial charge is 0.244 e. The Morgan fingerprint density at radius 3 is 2.76 bits per heavy atom. The van der Waals surface area contributed by atoms with Crippen molar-refractivity contribution in [1.82, 2.24) is 25.3 Å². The highest BCUT2D eigenvalue weighted by Gasteiger charge is 2.26. The predicted molar refractivity (Wildman–Crippen MR) is 92.7 cm³/mol. The first kappa shape index (κ1) is 17.6. The molecule has 1 fully saturated rings. The molecule has 9 heteroatoms. The minimum Gasteiger partial charge on any atom is -0.345 e. The molecule has 2 aromatic heterocycles. The molecule has 3 heterocycles. The highest BCUT2D eigenvalue weighted by Crippen LogP contribution is 2.21. The van der Waals surface area contributed by atoms with Crippen LogP contribution in [0.1, 0.15) is 19.7 Å². The van der Waals surface area contributed by atoms with E-state index >= 15 is 0 Å². The number of carbonyl (C=O) groups excluding carboxylic acids is 2. The molecule has 1 N–H and O–H groups in total. The van der Waals surface area contributed by atoms with Crippen molar-refractivity contribution in [3.8, 4) is 10.7 Å². The second kappa shape index (κ2) is 7.75. The third kappa shape index (κ3) is 4.43. The van der Waals surface area contributed by atoms with Crippen LogP contribution in [0, 0.1) is 0 Å². The van der Waals surface area contributed by atoms with Crippen LogP contribution in [0.15, 0.2) is 22.0 Å². The van der Waals surface area contributed by atoms with Gasteiger partial charge in [0, 0.05) is 33.1 Å². The summed E-state index contributed by atoms with van der Waals surface area (Å²) < 4.78 is 5.32. The van der Waals surface area contributed by atoms with Crippen LogP contribution in [0.4, 0.5) is 0 Å². The molecule has 2 aromatic rings. The predicted octanol–water partition coefficient (Wildman–Crippen LogP) is 0.967. The second-order valence-electron chi connectivity index (χ2n) is 6.01. The van der Waals surface area contributed by atoms with E-state index in [2.05, 4.69) is 20.4 Å².